The Labute approximate surface area is 314 Å². The van der Waals surface area contributed by atoms with E-state index in [-0.39, 0.29) is 29.5 Å². The van der Waals surface area contributed by atoms with Crippen molar-refractivity contribution in [2.45, 2.75) is 65.0 Å². The van der Waals surface area contributed by atoms with Crippen molar-refractivity contribution in [1.82, 2.24) is 28.9 Å². The molecular formula is C40H45ClN8O4. The van der Waals surface area contributed by atoms with Gasteiger partial charge >= 0.3 is 5.97 Å². The van der Waals surface area contributed by atoms with Crippen LogP contribution in [0.5, 0.6) is 0 Å². The maximum absolute atomic E-state index is 13.7. The van der Waals surface area contributed by atoms with Gasteiger partial charge in [0.15, 0.2) is 11.6 Å². The minimum absolute atomic E-state index is 0.0549. The first-order chi connectivity index (χ1) is 25.6. The van der Waals surface area contributed by atoms with Gasteiger partial charge in [-0.05, 0) is 49.8 Å². The van der Waals surface area contributed by atoms with Gasteiger partial charge in [0, 0.05) is 88.6 Å². The summed E-state index contributed by atoms with van der Waals surface area (Å²) in [5.74, 6) is -0.322. The number of fused-ring (bicyclic) bond motifs is 2. The van der Waals surface area contributed by atoms with E-state index < -0.39 is 11.9 Å². The highest BCUT2D eigenvalue weighted by Gasteiger charge is 2.31. The molecule has 0 atom stereocenters. The standard InChI is InChI=1S/C40H45ClN8O4/c1-4-48-17-15-33-31(22-48)43-37(46(33)2)35(50)19-26-7-5-9-28(36(26)41)27-8-6-10-30(29(27)20-42)45-39(51)38-44-32-23-49(18-16-34(32)47(38)3)21-24-11-13-25(14-12-24)40(52)53/h5-10,24-25H,4,11-19,21-23H2,1-3H3,(H,45,51)(H,52,53). The number of carboxylic acid groups (broad SMARTS) is 1. The van der Waals surface area contributed by atoms with Crippen molar-refractivity contribution in [2.24, 2.45) is 25.9 Å². The van der Waals surface area contributed by atoms with Gasteiger partial charge in [-0.3, -0.25) is 24.2 Å². The molecule has 0 spiro atoms. The van der Waals surface area contributed by atoms with Crippen LogP contribution in [0.2, 0.25) is 5.02 Å². The molecule has 276 valence electrons. The lowest BCUT2D eigenvalue weighted by Gasteiger charge is -2.33. The normalized spacial score (nSPS) is 18.9. The van der Waals surface area contributed by atoms with Crippen LogP contribution in [0.3, 0.4) is 0 Å². The lowest BCUT2D eigenvalue weighted by molar-refractivity contribution is -0.143. The maximum Gasteiger partial charge on any atom is 0.306 e. The predicted octanol–water partition coefficient (Wildman–Crippen LogP) is 5.65. The number of Topliss-reactive ketones (excluding diaryl/α,β-unsaturated/α-hetero) is 1. The number of rotatable bonds is 10. The van der Waals surface area contributed by atoms with Crippen LogP contribution in [0.15, 0.2) is 36.4 Å². The van der Waals surface area contributed by atoms with E-state index in [9.17, 15) is 24.8 Å². The van der Waals surface area contributed by atoms with Crippen molar-refractivity contribution in [1.29, 1.82) is 5.26 Å². The molecule has 1 fully saturated rings. The van der Waals surface area contributed by atoms with Gasteiger partial charge < -0.3 is 19.6 Å². The molecule has 7 rings (SSSR count). The van der Waals surface area contributed by atoms with Gasteiger partial charge in [-0.1, -0.05) is 48.9 Å². The molecule has 4 heterocycles. The third-order valence-corrected chi connectivity index (χ3v) is 11.9. The quantitative estimate of drug-likeness (QED) is 0.197. The van der Waals surface area contributed by atoms with E-state index in [1.54, 1.807) is 18.2 Å². The molecule has 2 aromatic carbocycles. The third kappa shape index (κ3) is 7.26. The van der Waals surface area contributed by atoms with Gasteiger partial charge in [0.05, 0.1) is 33.6 Å². The number of nitriles is 1. The molecule has 13 heteroatoms. The minimum Gasteiger partial charge on any atom is -0.481 e. The predicted molar refractivity (Wildman–Crippen MR) is 201 cm³/mol. The zero-order valence-corrected chi connectivity index (χ0v) is 31.2. The monoisotopic (exact) mass is 736 g/mol. The van der Waals surface area contributed by atoms with Crippen molar-refractivity contribution in [3.63, 3.8) is 0 Å². The summed E-state index contributed by atoms with van der Waals surface area (Å²) < 4.78 is 3.75. The van der Waals surface area contributed by atoms with Gasteiger partial charge in [-0.15, -0.1) is 0 Å². The Balaban J connectivity index is 1.06. The molecule has 0 radical (unpaired) electrons. The number of nitrogens with zero attached hydrogens (tertiary/aromatic N) is 7. The van der Waals surface area contributed by atoms with E-state index in [4.69, 9.17) is 21.6 Å². The van der Waals surface area contributed by atoms with Crippen molar-refractivity contribution >= 4 is 34.9 Å². The van der Waals surface area contributed by atoms with Gasteiger partial charge in [0.1, 0.15) is 6.07 Å². The number of nitrogens with one attached hydrogen (secondary N) is 1. The Morgan fingerprint density at radius 2 is 1.53 bits per heavy atom. The number of amides is 1. The van der Waals surface area contributed by atoms with E-state index in [0.717, 1.165) is 94.0 Å². The highest BCUT2D eigenvalue weighted by molar-refractivity contribution is 6.34. The minimum atomic E-state index is -0.691. The van der Waals surface area contributed by atoms with Crippen molar-refractivity contribution in [3.8, 4) is 17.2 Å². The summed E-state index contributed by atoms with van der Waals surface area (Å²) in [7, 11) is 3.74. The average molecular weight is 737 g/mol. The van der Waals surface area contributed by atoms with Gasteiger partial charge in [-0.25, -0.2) is 9.97 Å². The largest absolute Gasteiger partial charge is 0.481 e. The zero-order valence-electron chi connectivity index (χ0n) is 30.5. The summed E-state index contributed by atoms with van der Waals surface area (Å²) in [4.78, 5) is 52.8. The Kier molecular flexibility index (Phi) is 10.5. The Morgan fingerprint density at radius 3 is 2.21 bits per heavy atom. The number of carbonyl (C=O) groups is 3. The molecule has 53 heavy (non-hydrogen) atoms. The second kappa shape index (κ2) is 15.3. The molecule has 0 bridgehead atoms. The summed E-state index contributed by atoms with van der Waals surface area (Å²) in [6.07, 6.45) is 4.93. The van der Waals surface area contributed by atoms with E-state index >= 15 is 0 Å². The number of imidazole rings is 2. The molecule has 2 N–H and O–H groups in total. The van der Waals surface area contributed by atoms with Crippen LogP contribution < -0.4 is 5.32 Å². The van der Waals surface area contributed by atoms with Crippen LogP contribution >= 0.6 is 11.6 Å². The van der Waals surface area contributed by atoms with Crippen molar-refractivity contribution in [2.75, 3.05) is 31.5 Å². The zero-order chi connectivity index (χ0) is 37.4. The second-order valence-corrected chi connectivity index (χ2v) is 15.0. The number of ketones is 1. The van der Waals surface area contributed by atoms with Gasteiger partial charge in [0.25, 0.3) is 5.91 Å². The number of aromatic nitrogens is 4. The van der Waals surface area contributed by atoms with Crippen LogP contribution in [-0.4, -0.2) is 77.8 Å². The van der Waals surface area contributed by atoms with Crippen LogP contribution in [0.4, 0.5) is 5.69 Å². The fraction of sp³-hybridized carbons (Fsp3) is 0.450. The number of likely N-dealkylation sites (N-methyl/N-ethyl adjacent to an activating group) is 1. The summed E-state index contributed by atoms with van der Waals surface area (Å²) in [6.45, 7) is 7.09. The number of halogens is 1. The lowest BCUT2D eigenvalue weighted by atomic mass is 9.81. The van der Waals surface area contributed by atoms with Crippen LogP contribution in [-0.2, 0) is 51.2 Å². The third-order valence-electron chi connectivity index (χ3n) is 11.4. The first-order valence-corrected chi connectivity index (χ1v) is 18.9. The molecule has 0 saturated heterocycles. The second-order valence-electron chi connectivity index (χ2n) is 14.6. The van der Waals surface area contributed by atoms with Crippen LogP contribution in [0.25, 0.3) is 11.1 Å². The van der Waals surface area contributed by atoms with Crippen molar-refractivity contribution in [3.05, 3.63) is 87.0 Å². The number of carboxylic acids is 1. The highest BCUT2D eigenvalue weighted by Crippen LogP contribution is 2.37. The summed E-state index contributed by atoms with van der Waals surface area (Å²) in [5.41, 5.74) is 6.28. The van der Waals surface area contributed by atoms with Crippen molar-refractivity contribution < 1.29 is 19.5 Å². The maximum atomic E-state index is 13.7. The lowest BCUT2D eigenvalue weighted by Crippen LogP contribution is -2.36. The molecule has 2 aliphatic heterocycles. The smallest absolute Gasteiger partial charge is 0.306 e. The topological polar surface area (TPSA) is 149 Å². The number of carbonyl (C=O) groups excluding carboxylic acids is 2. The number of benzene rings is 2. The van der Waals surface area contributed by atoms with E-state index in [1.165, 1.54) is 0 Å². The molecule has 2 aromatic heterocycles. The van der Waals surface area contributed by atoms with Crippen LogP contribution in [0, 0.1) is 23.2 Å². The molecular weight excluding hydrogens is 692 g/mol. The molecule has 1 aliphatic carbocycles. The fourth-order valence-corrected chi connectivity index (χ4v) is 8.65. The number of aliphatic carboxylic acids is 1. The van der Waals surface area contributed by atoms with E-state index in [0.29, 0.717) is 45.7 Å². The first kappa shape index (κ1) is 36.5. The first-order valence-electron chi connectivity index (χ1n) is 18.5. The SMILES string of the molecule is CCN1CCc2c(nc(C(=O)Cc3cccc(-c4cccc(NC(=O)c5nc6c(n5C)CCN(CC5CCC(C(=O)O)CC5)C6)c4C#N)c3Cl)n2C)C1. The number of hydrogen-bond acceptors (Lipinski definition) is 8. The molecule has 4 aromatic rings. The Morgan fingerprint density at radius 1 is 0.906 bits per heavy atom. The fourth-order valence-electron chi connectivity index (χ4n) is 8.36. The van der Waals surface area contributed by atoms with E-state index in [2.05, 4.69) is 28.1 Å². The molecule has 1 amide bonds. The summed E-state index contributed by atoms with van der Waals surface area (Å²) in [6, 6.07) is 13.0. The molecule has 3 aliphatic rings. The number of hydrogen-bond donors (Lipinski definition) is 2. The van der Waals surface area contributed by atoms with Gasteiger partial charge in [0.2, 0.25) is 5.78 Å². The number of anilines is 1. The average Bonchev–Trinajstić information content (AvgIpc) is 3.67. The Bertz CT molecular complexity index is 2120. The van der Waals surface area contributed by atoms with E-state index in [1.807, 2.05) is 41.4 Å². The molecule has 1 saturated carbocycles. The molecule has 0 unspecified atom stereocenters. The highest BCUT2D eigenvalue weighted by atomic mass is 35.5. The summed E-state index contributed by atoms with van der Waals surface area (Å²) in [5, 5.41) is 23.0. The van der Waals surface area contributed by atoms with Crippen LogP contribution in [0.1, 0.15) is 87.7 Å². The van der Waals surface area contributed by atoms with Gasteiger partial charge in [-0.2, -0.15) is 5.26 Å². The Hall–Kier alpha value is -4.83. The summed E-state index contributed by atoms with van der Waals surface area (Å²) >= 11 is 6.98. The molecule has 12 nitrogen and oxygen atoms in total.